The van der Waals surface area contributed by atoms with Crippen molar-refractivity contribution in [3.05, 3.63) is 29.8 Å². The molecular formula is C11H18ClNO2. The zero-order chi connectivity index (χ0) is 10.6. The van der Waals surface area contributed by atoms with E-state index < -0.39 is 0 Å². The molecule has 0 unspecified atom stereocenters. The van der Waals surface area contributed by atoms with Gasteiger partial charge >= 0.3 is 0 Å². The van der Waals surface area contributed by atoms with E-state index in [1.165, 1.54) is 0 Å². The topological polar surface area (TPSA) is 52.5 Å². The van der Waals surface area contributed by atoms with E-state index in [1.807, 2.05) is 26.0 Å². The summed E-state index contributed by atoms with van der Waals surface area (Å²) in [5, 5.41) is 21.3. The Hall–Kier alpha value is -0.770. The fraction of sp³-hybridized carbons (Fsp3) is 0.455. The van der Waals surface area contributed by atoms with E-state index in [2.05, 4.69) is 5.32 Å². The molecule has 3 N–H and O–H groups in total. The Balaban J connectivity index is 0.00000196. The largest absolute Gasteiger partial charge is 0.508 e. The van der Waals surface area contributed by atoms with Crippen LogP contribution < -0.4 is 5.32 Å². The molecule has 0 aromatic heterocycles. The number of nitrogens with one attached hydrogen (secondary N) is 1. The zero-order valence-corrected chi connectivity index (χ0v) is 9.84. The molecule has 0 atom stereocenters. The number of rotatable bonds is 4. The van der Waals surface area contributed by atoms with Crippen molar-refractivity contribution in [1.29, 1.82) is 0 Å². The van der Waals surface area contributed by atoms with Crippen LogP contribution in [0.2, 0.25) is 0 Å². The Morgan fingerprint density at radius 3 is 2.20 bits per heavy atom. The van der Waals surface area contributed by atoms with Crippen molar-refractivity contribution in [1.82, 2.24) is 5.32 Å². The first kappa shape index (κ1) is 14.2. The Morgan fingerprint density at radius 1 is 1.20 bits per heavy atom. The van der Waals surface area contributed by atoms with Crippen molar-refractivity contribution in [2.24, 2.45) is 0 Å². The van der Waals surface area contributed by atoms with Crippen LogP contribution in [0.5, 0.6) is 5.75 Å². The van der Waals surface area contributed by atoms with Gasteiger partial charge in [0.1, 0.15) is 5.75 Å². The lowest BCUT2D eigenvalue weighted by Gasteiger charge is -2.23. The molecule has 0 aliphatic heterocycles. The van der Waals surface area contributed by atoms with Gasteiger partial charge < -0.3 is 15.5 Å². The number of aliphatic hydroxyl groups is 1. The summed E-state index contributed by atoms with van der Waals surface area (Å²) in [7, 11) is 0. The fourth-order valence-corrected chi connectivity index (χ4v) is 1.01. The number of aromatic hydroxyl groups is 1. The highest BCUT2D eigenvalue weighted by Gasteiger charge is 2.14. The van der Waals surface area contributed by atoms with Crippen molar-refractivity contribution in [2.45, 2.75) is 25.9 Å². The zero-order valence-electron chi connectivity index (χ0n) is 9.03. The van der Waals surface area contributed by atoms with Crippen LogP contribution >= 0.6 is 12.4 Å². The molecule has 1 rings (SSSR count). The normalized spacial score (nSPS) is 10.9. The van der Waals surface area contributed by atoms with Crippen LogP contribution in [0.25, 0.3) is 0 Å². The standard InChI is InChI=1S/C11H17NO2.ClH/c1-11(2,8-13)12-7-9-3-5-10(14)6-4-9;/h3-6,12-14H,7-8H2,1-2H3;1H. The van der Waals surface area contributed by atoms with Crippen LogP contribution in [-0.4, -0.2) is 22.4 Å². The highest BCUT2D eigenvalue weighted by atomic mass is 35.5. The Labute approximate surface area is 96.5 Å². The second kappa shape index (κ2) is 5.95. The Kier molecular flexibility index (Phi) is 5.65. The molecule has 0 aliphatic rings. The average molecular weight is 232 g/mol. The molecule has 0 saturated heterocycles. The molecule has 1 aromatic carbocycles. The molecule has 1 aromatic rings. The third-order valence-electron chi connectivity index (χ3n) is 2.10. The molecule has 86 valence electrons. The second-order valence-electron chi connectivity index (χ2n) is 4.06. The lowest BCUT2D eigenvalue weighted by molar-refractivity contribution is 0.187. The van der Waals surface area contributed by atoms with E-state index >= 15 is 0 Å². The van der Waals surface area contributed by atoms with Gasteiger partial charge in [-0.15, -0.1) is 12.4 Å². The highest BCUT2D eigenvalue weighted by Crippen LogP contribution is 2.10. The number of phenols is 1. The summed E-state index contributed by atoms with van der Waals surface area (Å²) in [5.74, 6) is 0.273. The minimum atomic E-state index is -0.266. The van der Waals surface area contributed by atoms with E-state index in [9.17, 15) is 0 Å². The predicted molar refractivity (Wildman–Crippen MR) is 63.4 cm³/mol. The summed E-state index contributed by atoms with van der Waals surface area (Å²) >= 11 is 0. The summed E-state index contributed by atoms with van der Waals surface area (Å²) in [6.45, 7) is 4.67. The molecule has 0 saturated carbocycles. The molecule has 4 heteroatoms. The third kappa shape index (κ3) is 5.02. The predicted octanol–water partition coefficient (Wildman–Crippen LogP) is 1.67. The molecule has 0 heterocycles. The van der Waals surface area contributed by atoms with Crippen molar-refractivity contribution in [2.75, 3.05) is 6.61 Å². The van der Waals surface area contributed by atoms with Gasteiger partial charge in [0.15, 0.2) is 0 Å². The molecule has 0 aliphatic carbocycles. The van der Waals surface area contributed by atoms with E-state index in [-0.39, 0.29) is 30.3 Å². The third-order valence-corrected chi connectivity index (χ3v) is 2.10. The molecule has 15 heavy (non-hydrogen) atoms. The van der Waals surface area contributed by atoms with Gasteiger partial charge in [-0.05, 0) is 31.5 Å². The smallest absolute Gasteiger partial charge is 0.115 e. The second-order valence-corrected chi connectivity index (χ2v) is 4.06. The minimum Gasteiger partial charge on any atom is -0.508 e. The maximum atomic E-state index is 9.07. The van der Waals surface area contributed by atoms with E-state index in [4.69, 9.17) is 10.2 Å². The summed E-state index contributed by atoms with van der Waals surface area (Å²) in [4.78, 5) is 0. The van der Waals surface area contributed by atoms with Gasteiger partial charge in [-0.3, -0.25) is 0 Å². The van der Waals surface area contributed by atoms with Gasteiger partial charge in [-0.25, -0.2) is 0 Å². The van der Waals surface area contributed by atoms with Crippen LogP contribution in [0, 0.1) is 0 Å². The first-order chi connectivity index (χ1) is 6.53. The van der Waals surface area contributed by atoms with Crippen molar-refractivity contribution >= 4 is 12.4 Å². The first-order valence-electron chi connectivity index (χ1n) is 4.67. The molecule has 0 fully saturated rings. The van der Waals surface area contributed by atoms with Crippen LogP contribution in [0.15, 0.2) is 24.3 Å². The maximum absolute atomic E-state index is 9.07. The Morgan fingerprint density at radius 2 is 1.73 bits per heavy atom. The fourth-order valence-electron chi connectivity index (χ4n) is 1.01. The van der Waals surface area contributed by atoms with E-state index in [1.54, 1.807) is 12.1 Å². The number of hydrogen-bond donors (Lipinski definition) is 3. The van der Waals surface area contributed by atoms with Crippen molar-refractivity contribution < 1.29 is 10.2 Å². The van der Waals surface area contributed by atoms with E-state index in [0.717, 1.165) is 5.56 Å². The Bertz CT molecular complexity index is 285. The first-order valence-corrected chi connectivity index (χ1v) is 4.67. The maximum Gasteiger partial charge on any atom is 0.115 e. The SMILES string of the molecule is CC(C)(CO)NCc1ccc(O)cc1.Cl. The number of benzene rings is 1. The number of hydrogen-bond acceptors (Lipinski definition) is 3. The summed E-state index contributed by atoms with van der Waals surface area (Å²) in [6.07, 6.45) is 0. The van der Waals surface area contributed by atoms with Crippen molar-refractivity contribution in [3.63, 3.8) is 0 Å². The van der Waals surface area contributed by atoms with Gasteiger partial charge in [0, 0.05) is 12.1 Å². The van der Waals surface area contributed by atoms with Crippen molar-refractivity contribution in [3.8, 4) is 5.75 Å². The average Bonchev–Trinajstić information content (AvgIpc) is 2.17. The molecule has 0 spiro atoms. The van der Waals surface area contributed by atoms with Gasteiger partial charge in [-0.1, -0.05) is 12.1 Å². The summed E-state index contributed by atoms with van der Waals surface area (Å²) in [6, 6.07) is 7.03. The molecular weight excluding hydrogens is 214 g/mol. The minimum absolute atomic E-state index is 0. The quantitative estimate of drug-likeness (QED) is 0.739. The van der Waals surface area contributed by atoms with Crippen LogP contribution in [0.3, 0.4) is 0 Å². The van der Waals surface area contributed by atoms with Gasteiger partial charge in [0.2, 0.25) is 0 Å². The van der Waals surface area contributed by atoms with Gasteiger partial charge in [0.05, 0.1) is 6.61 Å². The van der Waals surface area contributed by atoms with Crippen LogP contribution in [0.4, 0.5) is 0 Å². The highest BCUT2D eigenvalue weighted by molar-refractivity contribution is 5.85. The van der Waals surface area contributed by atoms with Gasteiger partial charge in [-0.2, -0.15) is 0 Å². The van der Waals surface area contributed by atoms with Crippen LogP contribution in [0.1, 0.15) is 19.4 Å². The lowest BCUT2D eigenvalue weighted by atomic mass is 10.1. The molecule has 0 bridgehead atoms. The van der Waals surface area contributed by atoms with Gasteiger partial charge in [0.25, 0.3) is 0 Å². The lowest BCUT2D eigenvalue weighted by Crippen LogP contribution is -2.42. The number of aliphatic hydroxyl groups excluding tert-OH is 1. The summed E-state index contributed by atoms with van der Waals surface area (Å²) < 4.78 is 0. The number of halogens is 1. The molecule has 0 radical (unpaired) electrons. The molecule has 0 amide bonds. The van der Waals surface area contributed by atoms with E-state index in [0.29, 0.717) is 6.54 Å². The van der Waals surface area contributed by atoms with Crippen LogP contribution in [-0.2, 0) is 6.54 Å². The summed E-state index contributed by atoms with van der Waals surface area (Å²) in [5.41, 5.74) is 0.821. The molecule has 3 nitrogen and oxygen atoms in total. The number of phenolic OH excluding ortho intramolecular Hbond substituents is 1. The monoisotopic (exact) mass is 231 g/mol.